The summed E-state index contributed by atoms with van der Waals surface area (Å²) in [6.45, 7) is 0.0688. The van der Waals surface area contributed by atoms with Crippen LogP contribution in [0.2, 0.25) is 0 Å². The van der Waals surface area contributed by atoms with E-state index in [-0.39, 0.29) is 31.3 Å². The zero-order chi connectivity index (χ0) is 21.3. The molecule has 0 saturated heterocycles. The van der Waals surface area contributed by atoms with Gasteiger partial charge in [0.25, 0.3) is 5.91 Å². The van der Waals surface area contributed by atoms with Crippen LogP contribution in [0, 0.1) is 17.1 Å². The fourth-order valence-electron chi connectivity index (χ4n) is 2.86. The van der Waals surface area contributed by atoms with Crippen LogP contribution in [0.3, 0.4) is 0 Å². The van der Waals surface area contributed by atoms with Gasteiger partial charge in [-0.05, 0) is 60.7 Å². The van der Waals surface area contributed by atoms with Crippen LogP contribution in [0.4, 0.5) is 10.1 Å². The normalized spacial score (nSPS) is 10.1. The second-order valence-electron chi connectivity index (χ2n) is 6.44. The van der Waals surface area contributed by atoms with Crippen LogP contribution >= 0.6 is 0 Å². The van der Waals surface area contributed by atoms with Crippen LogP contribution in [-0.4, -0.2) is 24.8 Å². The first-order valence-corrected chi connectivity index (χ1v) is 9.34. The first-order valence-electron chi connectivity index (χ1n) is 9.34. The molecular formula is C24H19FN2O3. The van der Waals surface area contributed by atoms with Gasteiger partial charge in [-0.2, -0.15) is 5.26 Å². The van der Waals surface area contributed by atoms with Gasteiger partial charge in [0.15, 0.2) is 12.4 Å². The number of rotatable bonds is 8. The number of ether oxygens (including phenoxy) is 1. The van der Waals surface area contributed by atoms with Gasteiger partial charge in [0.05, 0.1) is 12.5 Å². The van der Waals surface area contributed by atoms with Crippen LogP contribution < -0.4 is 9.64 Å². The maximum absolute atomic E-state index is 13.0. The molecule has 150 valence electrons. The first kappa shape index (κ1) is 20.7. The molecule has 0 bridgehead atoms. The highest BCUT2D eigenvalue weighted by atomic mass is 19.1. The maximum atomic E-state index is 13.0. The molecule has 0 N–H and O–H groups in total. The number of benzene rings is 3. The predicted octanol–water partition coefficient (Wildman–Crippen LogP) is 4.38. The van der Waals surface area contributed by atoms with E-state index in [4.69, 9.17) is 10.00 Å². The largest absolute Gasteiger partial charge is 0.484 e. The fourth-order valence-corrected chi connectivity index (χ4v) is 2.86. The van der Waals surface area contributed by atoms with Crippen LogP contribution in [0.25, 0.3) is 0 Å². The Balaban J connectivity index is 1.63. The number of ketones is 1. The lowest BCUT2D eigenvalue weighted by Crippen LogP contribution is -2.35. The number of amides is 1. The van der Waals surface area contributed by atoms with E-state index in [0.717, 1.165) is 0 Å². The lowest BCUT2D eigenvalue weighted by atomic mass is 10.0. The molecule has 0 radical (unpaired) electrons. The van der Waals surface area contributed by atoms with Gasteiger partial charge < -0.3 is 9.64 Å². The van der Waals surface area contributed by atoms with E-state index in [9.17, 15) is 14.0 Å². The number of hydrogen-bond acceptors (Lipinski definition) is 4. The van der Waals surface area contributed by atoms with Gasteiger partial charge in [0, 0.05) is 23.4 Å². The Morgan fingerprint density at radius 3 is 2.10 bits per heavy atom. The van der Waals surface area contributed by atoms with Crippen molar-refractivity contribution in [3.05, 3.63) is 95.8 Å². The molecule has 0 aliphatic carbocycles. The van der Waals surface area contributed by atoms with Gasteiger partial charge in [0.2, 0.25) is 0 Å². The molecule has 3 aromatic carbocycles. The fraction of sp³-hybridized carbons (Fsp3) is 0.125. The predicted molar refractivity (Wildman–Crippen MR) is 111 cm³/mol. The highest BCUT2D eigenvalue weighted by Crippen LogP contribution is 2.18. The molecule has 0 unspecified atom stereocenters. The SMILES string of the molecule is N#CCCN(C(=O)COc1ccc(C(=O)c2ccc(F)cc2)cc1)c1ccccc1. The Morgan fingerprint density at radius 2 is 1.50 bits per heavy atom. The molecule has 0 atom stereocenters. The van der Waals surface area contributed by atoms with E-state index in [2.05, 4.69) is 0 Å². The van der Waals surface area contributed by atoms with Crippen molar-refractivity contribution in [2.75, 3.05) is 18.1 Å². The molecule has 0 aliphatic rings. The molecule has 3 rings (SSSR count). The number of nitriles is 1. The Labute approximate surface area is 173 Å². The number of para-hydroxylation sites is 1. The number of carbonyl (C=O) groups is 2. The van der Waals surface area contributed by atoms with Crippen molar-refractivity contribution in [2.45, 2.75) is 6.42 Å². The Bertz CT molecular complexity index is 1040. The molecule has 0 heterocycles. The monoisotopic (exact) mass is 402 g/mol. The minimum Gasteiger partial charge on any atom is -0.484 e. The summed E-state index contributed by atoms with van der Waals surface area (Å²) in [5.41, 5.74) is 1.51. The van der Waals surface area contributed by atoms with Crippen molar-refractivity contribution in [3.63, 3.8) is 0 Å². The Hall–Kier alpha value is -3.98. The van der Waals surface area contributed by atoms with E-state index in [1.165, 1.54) is 29.2 Å². The first-order chi connectivity index (χ1) is 14.6. The molecule has 30 heavy (non-hydrogen) atoms. The quantitative estimate of drug-likeness (QED) is 0.524. The van der Waals surface area contributed by atoms with E-state index >= 15 is 0 Å². The number of anilines is 1. The number of carbonyl (C=O) groups excluding carboxylic acids is 2. The molecule has 3 aromatic rings. The molecule has 0 fully saturated rings. The third kappa shape index (κ3) is 5.30. The number of hydrogen-bond donors (Lipinski definition) is 0. The molecule has 0 spiro atoms. The van der Waals surface area contributed by atoms with E-state index in [1.54, 1.807) is 36.4 Å². The van der Waals surface area contributed by atoms with Crippen molar-refractivity contribution in [1.82, 2.24) is 0 Å². The summed E-state index contributed by atoms with van der Waals surface area (Å²) in [5.74, 6) is -0.473. The zero-order valence-corrected chi connectivity index (χ0v) is 16.1. The van der Waals surface area contributed by atoms with Crippen LogP contribution in [0.15, 0.2) is 78.9 Å². The van der Waals surface area contributed by atoms with Gasteiger partial charge >= 0.3 is 0 Å². The van der Waals surface area contributed by atoms with Gasteiger partial charge in [-0.1, -0.05) is 18.2 Å². The summed E-state index contributed by atoms with van der Waals surface area (Å²) < 4.78 is 18.6. The molecular weight excluding hydrogens is 383 g/mol. The molecule has 0 aliphatic heterocycles. The highest BCUT2D eigenvalue weighted by molar-refractivity contribution is 6.09. The van der Waals surface area contributed by atoms with E-state index < -0.39 is 5.82 Å². The summed E-state index contributed by atoms with van der Waals surface area (Å²) in [6, 6.07) is 22.9. The van der Waals surface area contributed by atoms with Crippen LogP contribution in [-0.2, 0) is 4.79 Å². The molecule has 1 amide bonds. The Kier molecular flexibility index (Phi) is 6.91. The summed E-state index contributed by atoms with van der Waals surface area (Å²) in [6.07, 6.45) is 0.209. The molecule has 6 heteroatoms. The van der Waals surface area contributed by atoms with Crippen molar-refractivity contribution in [2.24, 2.45) is 0 Å². The summed E-state index contributed by atoms with van der Waals surface area (Å²) in [7, 11) is 0. The van der Waals surface area contributed by atoms with Gasteiger partial charge in [0.1, 0.15) is 11.6 Å². The van der Waals surface area contributed by atoms with E-state index in [1.807, 2.05) is 24.3 Å². The number of halogens is 1. The van der Waals surface area contributed by atoms with Crippen molar-refractivity contribution in [3.8, 4) is 11.8 Å². The summed E-state index contributed by atoms with van der Waals surface area (Å²) in [4.78, 5) is 26.6. The van der Waals surface area contributed by atoms with Gasteiger partial charge in [-0.3, -0.25) is 9.59 Å². The lowest BCUT2D eigenvalue weighted by molar-refractivity contribution is -0.120. The average molecular weight is 402 g/mol. The van der Waals surface area contributed by atoms with E-state index in [0.29, 0.717) is 22.6 Å². The standard InChI is InChI=1S/C24H19FN2O3/c25-20-11-7-18(8-12-20)24(29)19-9-13-22(14-10-19)30-17-23(28)27(16-4-15-26)21-5-2-1-3-6-21/h1-3,5-14H,4,16-17H2. The van der Waals surface area contributed by atoms with Gasteiger partial charge in [-0.25, -0.2) is 4.39 Å². The van der Waals surface area contributed by atoms with Crippen molar-refractivity contribution < 1.29 is 18.7 Å². The average Bonchev–Trinajstić information content (AvgIpc) is 2.79. The molecule has 5 nitrogen and oxygen atoms in total. The maximum Gasteiger partial charge on any atom is 0.264 e. The Morgan fingerprint density at radius 1 is 0.900 bits per heavy atom. The number of nitrogens with zero attached hydrogens (tertiary/aromatic N) is 2. The lowest BCUT2D eigenvalue weighted by Gasteiger charge is -2.21. The van der Waals surface area contributed by atoms with Gasteiger partial charge in [-0.15, -0.1) is 0 Å². The zero-order valence-electron chi connectivity index (χ0n) is 16.1. The highest BCUT2D eigenvalue weighted by Gasteiger charge is 2.16. The second-order valence-corrected chi connectivity index (χ2v) is 6.44. The molecule has 0 aromatic heterocycles. The third-order valence-electron chi connectivity index (χ3n) is 4.40. The minimum absolute atomic E-state index is 0.203. The van der Waals surface area contributed by atoms with Crippen LogP contribution in [0.5, 0.6) is 5.75 Å². The van der Waals surface area contributed by atoms with Crippen molar-refractivity contribution in [1.29, 1.82) is 5.26 Å². The summed E-state index contributed by atoms with van der Waals surface area (Å²) in [5, 5.41) is 8.85. The van der Waals surface area contributed by atoms with Crippen molar-refractivity contribution >= 4 is 17.4 Å². The topological polar surface area (TPSA) is 70.4 Å². The third-order valence-corrected chi connectivity index (χ3v) is 4.40. The second kappa shape index (κ2) is 9.99. The smallest absolute Gasteiger partial charge is 0.264 e. The van der Waals surface area contributed by atoms with Crippen LogP contribution in [0.1, 0.15) is 22.3 Å². The molecule has 0 saturated carbocycles. The summed E-state index contributed by atoms with van der Waals surface area (Å²) >= 11 is 0. The minimum atomic E-state index is -0.403.